The number of hydrogen-bond acceptors (Lipinski definition) is 5. The molecule has 0 N–H and O–H groups in total. The summed E-state index contributed by atoms with van der Waals surface area (Å²) in [6, 6.07) is 13.1. The second-order valence-electron chi connectivity index (χ2n) is 6.31. The van der Waals surface area contributed by atoms with Crippen LogP contribution < -0.4 is 9.47 Å². The van der Waals surface area contributed by atoms with Crippen molar-refractivity contribution in [1.29, 1.82) is 0 Å². The Kier molecular flexibility index (Phi) is 5.89. The zero-order valence-electron chi connectivity index (χ0n) is 14.8. The summed E-state index contributed by atoms with van der Waals surface area (Å²) >= 11 is 0. The first kappa shape index (κ1) is 18.0. The van der Waals surface area contributed by atoms with Gasteiger partial charge in [0, 0.05) is 0 Å². The molecule has 2 aromatic carbocycles. The van der Waals surface area contributed by atoms with Gasteiger partial charge in [-0.25, -0.2) is 9.59 Å². The van der Waals surface area contributed by atoms with Gasteiger partial charge < -0.3 is 14.2 Å². The van der Waals surface area contributed by atoms with E-state index in [0.717, 1.165) is 25.7 Å². The van der Waals surface area contributed by atoms with Gasteiger partial charge in [-0.2, -0.15) is 0 Å². The fourth-order valence-electron chi connectivity index (χ4n) is 2.95. The quantitative estimate of drug-likeness (QED) is 0.588. The maximum Gasteiger partial charge on any atom is 0.343 e. The number of ether oxygens (including phenoxy) is 3. The van der Waals surface area contributed by atoms with Crippen molar-refractivity contribution in [3.63, 3.8) is 0 Å². The summed E-state index contributed by atoms with van der Waals surface area (Å²) in [7, 11) is 1.56. The van der Waals surface area contributed by atoms with Gasteiger partial charge in [0.05, 0.1) is 18.2 Å². The van der Waals surface area contributed by atoms with E-state index in [-0.39, 0.29) is 12.1 Å². The molecule has 0 bridgehead atoms. The number of methoxy groups -OCH3 is 1. The van der Waals surface area contributed by atoms with Crippen molar-refractivity contribution in [3.8, 4) is 11.5 Å². The normalized spacial score (nSPS) is 14.5. The first-order valence-corrected chi connectivity index (χ1v) is 8.83. The molecule has 0 saturated heterocycles. The van der Waals surface area contributed by atoms with Gasteiger partial charge >= 0.3 is 11.9 Å². The summed E-state index contributed by atoms with van der Waals surface area (Å²) < 4.78 is 15.9. The molecule has 1 saturated carbocycles. The number of carbonyl (C=O) groups is 2. The van der Waals surface area contributed by atoms with Crippen molar-refractivity contribution in [2.75, 3.05) is 7.11 Å². The van der Waals surface area contributed by atoms with E-state index in [1.165, 1.54) is 6.42 Å². The number of carbonyl (C=O) groups excluding carboxylic acids is 2. The predicted molar refractivity (Wildman–Crippen MR) is 96.7 cm³/mol. The van der Waals surface area contributed by atoms with Crippen LogP contribution in [0.5, 0.6) is 11.5 Å². The molecular formula is C21H22O5. The smallest absolute Gasteiger partial charge is 0.343 e. The Balaban J connectivity index is 1.57. The lowest BCUT2D eigenvalue weighted by Crippen LogP contribution is -2.20. The number of rotatable bonds is 5. The summed E-state index contributed by atoms with van der Waals surface area (Å²) in [5, 5.41) is 0. The molecule has 5 nitrogen and oxygen atoms in total. The molecule has 0 radical (unpaired) electrons. The van der Waals surface area contributed by atoms with Crippen LogP contribution >= 0.6 is 0 Å². The van der Waals surface area contributed by atoms with E-state index in [0.29, 0.717) is 22.6 Å². The highest BCUT2D eigenvalue weighted by atomic mass is 16.5. The van der Waals surface area contributed by atoms with Gasteiger partial charge in [0.2, 0.25) is 0 Å². The van der Waals surface area contributed by atoms with Crippen LogP contribution in [0.15, 0.2) is 48.5 Å². The van der Waals surface area contributed by atoms with Gasteiger partial charge in [-0.05, 0) is 74.2 Å². The fraction of sp³-hybridized carbons (Fsp3) is 0.333. The summed E-state index contributed by atoms with van der Waals surface area (Å²) in [5.74, 6) is 0.248. The van der Waals surface area contributed by atoms with E-state index in [1.54, 1.807) is 55.6 Å². The van der Waals surface area contributed by atoms with E-state index in [1.807, 2.05) is 0 Å². The van der Waals surface area contributed by atoms with Gasteiger partial charge in [-0.3, -0.25) is 0 Å². The Hall–Kier alpha value is -2.82. The van der Waals surface area contributed by atoms with Gasteiger partial charge in [0.1, 0.15) is 17.6 Å². The Labute approximate surface area is 152 Å². The Bertz CT molecular complexity index is 743. The molecule has 0 spiro atoms. The zero-order valence-corrected chi connectivity index (χ0v) is 14.8. The minimum atomic E-state index is -0.467. The molecule has 0 heterocycles. The molecule has 1 fully saturated rings. The molecule has 1 aliphatic carbocycles. The number of hydrogen-bond donors (Lipinski definition) is 0. The molecule has 0 unspecified atom stereocenters. The van der Waals surface area contributed by atoms with Gasteiger partial charge in [-0.15, -0.1) is 0 Å². The van der Waals surface area contributed by atoms with E-state index in [4.69, 9.17) is 14.2 Å². The SMILES string of the molecule is COc1ccc(C(=O)Oc2ccc(C(=O)OC3CCCCC3)cc2)cc1. The van der Waals surface area contributed by atoms with E-state index in [9.17, 15) is 9.59 Å². The molecule has 2 aromatic rings. The maximum atomic E-state index is 12.2. The lowest BCUT2D eigenvalue weighted by Gasteiger charge is -2.21. The minimum absolute atomic E-state index is 0.0174. The molecule has 26 heavy (non-hydrogen) atoms. The molecule has 0 aromatic heterocycles. The second-order valence-corrected chi connectivity index (χ2v) is 6.31. The molecule has 0 amide bonds. The highest BCUT2D eigenvalue weighted by Crippen LogP contribution is 2.22. The largest absolute Gasteiger partial charge is 0.497 e. The van der Waals surface area contributed by atoms with Crippen LogP contribution in [0.1, 0.15) is 52.8 Å². The summed E-state index contributed by atoms with van der Waals surface area (Å²) in [4.78, 5) is 24.3. The van der Waals surface area contributed by atoms with Crippen molar-refractivity contribution in [3.05, 3.63) is 59.7 Å². The lowest BCUT2D eigenvalue weighted by molar-refractivity contribution is 0.0211. The van der Waals surface area contributed by atoms with Gasteiger partial charge in [0.25, 0.3) is 0 Å². The average Bonchev–Trinajstić information content (AvgIpc) is 2.69. The summed E-state index contributed by atoms with van der Waals surface area (Å²) in [5.41, 5.74) is 0.881. The van der Waals surface area contributed by atoms with E-state index >= 15 is 0 Å². The number of benzene rings is 2. The third-order valence-electron chi connectivity index (χ3n) is 4.45. The summed E-state index contributed by atoms with van der Waals surface area (Å²) in [6.07, 6.45) is 5.31. The third kappa shape index (κ3) is 4.63. The molecule has 1 aliphatic rings. The molecule has 3 rings (SSSR count). The Morgan fingerprint density at radius 3 is 1.88 bits per heavy atom. The highest BCUT2D eigenvalue weighted by Gasteiger charge is 2.19. The van der Waals surface area contributed by atoms with E-state index < -0.39 is 5.97 Å². The van der Waals surface area contributed by atoms with Crippen molar-refractivity contribution in [1.82, 2.24) is 0 Å². The van der Waals surface area contributed by atoms with Gasteiger partial charge in [-0.1, -0.05) is 6.42 Å². The topological polar surface area (TPSA) is 61.8 Å². The van der Waals surface area contributed by atoms with Crippen LogP contribution in [0.3, 0.4) is 0 Å². The average molecular weight is 354 g/mol. The monoisotopic (exact) mass is 354 g/mol. The van der Waals surface area contributed by atoms with Crippen molar-refractivity contribution in [2.24, 2.45) is 0 Å². The predicted octanol–water partition coefficient (Wildman–Crippen LogP) is 4.40. The molecule has 0 aliphatic heterocycles. The first-order valence-electron chi connectivity index (χ1n) is 8.83. The fourth-order valence-corrected chi connectivity index (χ4v) is 2.95. The highest BCUT2D eigenvalue weighted by molar-refractivity contribution is 5.92. The second kappa shape index (κ2) is 8.52. The van der Waals surface area contributed by atoms with Crippen LogP contribution in [0.25, 0.3) is 0 Å². The van der Waals surface area contributed by atoms with Crippen LogP contribution in [0.4, 0.5) is 0 Å². The molecule has 0 atom stereocenters. The van der Waals surface area contributed by atoms with Crippen LogP contribution in [0.2, 0.25) is 0 Å². The van der Waals surface area contributed by atoms with Crippen LogP contribution in [0, 0.1) is 0 Å². The molecule has 136 valence electrons. The van der Waals surface area contributed by atoms with Crippen LogP contribution in [-0.4, -0.2) is 25.2 Å². The van der Waals surface area contributed by atoms with E-state index in [2.05, 4.69) is 0 Å². The molecular weight excluding hydrogens is 332 g/mol. The number of esters is 2. The maximum absolute atomic E-state index is 12.2. The minimum Gasteiger partial charge on any atom is -0.497 e. The lowest BCUT2D eigenvalue weighted by atomic mass is 9.98. The standard InChI is InChI=1S/C21H22O5/c1-24-17-11-7-15(8-12-17)21(23)26-19-13-9-16(10-14-19)20(22)25-18-5-3-2-4-6-18/h7-14,18H,2-6H2,1H3. The first-order chi connectivity index (χ1) is 12.7. The van der Waals surface area contributed by atoms with Gasteiger partial charge in [0.15, 0.2) is 0 Å². The van der Waals surface area contributed by atoms with Crippen molar-refractivity contribution in [2.45, 2.75) is 38.2 Å². The van der Waals surface area contributed by atoms with Crippen LogP contribution in [-0.2, 0) is 4.74 Å². The Morgan fingerprint density at radius 2 is 1.31 bits per heavy atom. The van der Waals surface area contributed by atoms with Crippen molar-refractivity contribution < 1.29 is 23.8 Å². The third-order valence-corrected chi connectivity index (χ3v) is 4.45. The Morgan fingerprint density at radius 1 is 0.769 bits per heavy atom. The van der Waals surface area contributed by atoms with Crippen molar-refractivity contribution >= 4 is 11.9 Å². The summed E-state index contributed by atoms with van der Waals surface area (Å²) in [6.45, 7) is 0. The zero-order chi connectivity index (χ0) is 18.4. The molecule has 5 heteroatoms.